The predicted octanol–water partition coefficient (Wildman–Crippen LogP) is 5.57. The van der Waals surface area contributed by atoms with Gasteiger partial charge in [0.2, 0.25) is 0 Å². The number of hydrogen-bond donors (Lipinski definition) is 1. The second kappa shape index (κ2) is 9.49. The number of rotatable bonds is 5. The number of amides is 1. The third kappa shape index (κ3) is 5.50. The van der Waals surface area contributed by atoms with Gasteiger partial charge in [-0.3, -0.25) is 0 Å². The van der Waals surface area contributed by atoms with Crippen molar-refractivity contribution >= 4 is 22.8 Å². The molecule has 7 heteroatoms. The molecule has 0 fully saturated rings. The Morgan fingerprint density at radius 3 is 2.20 bits per heavy atom. The van der Waals surface area contributed by atoms with Gasteiger partial charge in [-0.2, -0.15) is 0 Å². The maximum atomic E-state index is 12.8. The summed E-state index contributed by atoms with van der Waals surface area (Å²) in [5, 5.41) is 4.88. The lowest BCUT2D eigenvalue weighted by atomic mass is 9.78. The molecule has 0 saturated carbocycles. The smallest absolute Gasteiger partial charge is 0.408 e. The van der Waals surface area contributed by atoms with E-state index in [2.05, 4.69) is 5.32 Å². The average molecular weight is 478 g/mol. The number of methoxy groups -OCH3 is 2. The maximum absolute atomic E-state index is 12.8. The fourth-order valence-corrected chi connectivity index (χ4v) is 4.39. The fraction of sp³-hybridized carbons (Fsp3) is 0.357. The number of fused-ring (bicyclic) bond motifs is 2. The Morgan fingerprint density at radius 2 is 1.51 bits per heavy atom. The van der Waals surface area contributed by atoms with Gasteiger partial charge in [0.05, 0.1) is 14.2 Å². The minimum absolute atomic E-state index is 0.278. The molecule has 0 saturated heterocycles. The van der Waals surface area contributed by atoms with Crippen LogP contribution in [0.15, 0.2) is 54.6 Å². The van der Waals surface area contributed by atoms with Crippen molar-refractivity contribution in [2.45, 2.75) is 51.2 Å². The second-order valence-corrected chi connectivity index (χ2v) is 9.78. The van der Waals surface area contributed by atoms with Gasteiger partial charge in [0, 0.05) is 6.42 Å². The molecule has 0 bridgehead atoms. The van der Waals surface area contributed by atoms with Gasteiger partial charge in [-0.1, -0.05) is 18.2 Å². The number of ether oxygens (including phenoxy) is 4. The molecule has 1 aliphatic rings. The van der Waals surface area contributed by atoms with E-state index in [1.807, 2.05) is 54.6 Å². The molecule has 0 radical (unpaired) electrons. The number of hydrogen-bond acceptors (Lipinski definition) is 6. The van der Waals surface area contributed by atoms with Gasteiger partial charge in [-0.15, -0.1) is 0 Å². The second-order valence-electron chi connectivity index (χ2n) is 9.78. The third-order valence-corrected chi connectivity index (χ3v) is 6.06. The summed E-state index contributed by atoms with van der Waals surface area (Å²) in [6, 6.07) is 17.6. The van der Waals surface area contributed by atoms with Crippen LogP contribution in [0.5, 0.6) is 17.2 Å². The number of esters is 1. The Hall–Kier alpha value is -3.74. The van der Waals surface area contributed by atoms with Gasteiger partial charge < -0.3 is 24.3 Å². The molecular weight excluding hydrogens is 446 g/mol. The third-order valence-electron chi connectivity index (χ3n) is 6.06. The number of aryl methyl sites for hydroxylation is 1. The molecule has 0 aliphatic heterocycles. The molecule has 4 rings (SSSR count). The van der Waals surface area contributed by atoms with E-state index in [9.17, 15) is 9.59 Å². The zero-order valence-electron chi connectivity index (χ0n) is 20.8. The molecule has 1 atom stereocenters. The highest BCUT2D eigenvalue weighted by atomic mass is 16.6. The van der Waals surface area contributed by atoms with Crippen LogP contribution in [0, 0.1) is 0 Å². The summed E-state index contributed by atoms with van der Waals surface area (Å²) in [5.41, 5.74) is 0.130. The monoisotopic (exact) mass is 477 g/mol. The molecule has 0 aromatic heterocycles. The normalized spacial score (nSPS) is 17.3. The van der Waals surface area contributed by atoms with Gasteiger partial charge >= 0.3 is 12.1 Å². The SMILES string of the molecule is COC(=O)C1(NC(=O)OC(C)(C)C)CCc2ccc(Oc3ccc4ccc(OC)cc4c3)cc2C1. The molecule has 3 aromatic rings. The Balaban J connectivity index is 1.59. The summed E-state index contributed by atoms with van der Waals surface area (Å²) in [6.07, 6.45) is 0.653. The Morgan fingerprint density at radius 1 is 0.857 bits per heavy atom. The standard InChI is InChI=1S/C28H31NO6/c1-27(2,3)35-26(31)29-28(25(30)33-5)13-12-19-8-11-24(16-21(19)17-28)34-23-10-7-18-6-9-22(32-4)14-20(18)15-23/h6-11,14-16H,12-13,17H2,1-5H3,(H,29,31). The predicted molar refractivity (Wildman–Crippen MR) is 133 cm³/mol. The van der Waals surface area contributed by atoms with Crippen molar-refractivity contribution in [1.29, 1.82) is 0 Å². The zero-order valence-corrected chi connectivity index (χ0v) is 20.8. The van der Waals surface area contributed by atoms with Crippen LogP contribution in [-0.4, -0.2) is 37.4 Å². The summed E-state index contributed by atoms with van der Waals surface area (Å²) in [7, 11) is 2.96. The minimum atomic E-state index is -1.21. The Kier molecular flexibility index (Phi) is 6.61. The van der Waals surface area contributed by atoms with Crippen LogP contribution in [0.25, 0.3) is 10.8 Å². The highest BCUT2D eigenvalue weighted by Crippen LogP contribution is 2.34. The van der Waals surface area contributed by atoms with E-state index in [-0.39, 0.29) is 6.42 Å². The summed E-state index contributed by atoms with van der Waals surface area (Å²) < 4.78 is 22.0. The van der Waals surface area contributed by atoms with E-state index in [1.54, 1.807) is 27.9 Å². The maximum Gasteiger partial charge on any atom is 0.408 e. The van der Waals surface area contributed by atoms with Gasteiger partial charge in [0.25, 0.3) is 0 Å². The van der Waals surface area contributed by atoms with E-state index in [1.165, 1.54) is 7.11 Å². The van der Waals surface area contributed by atoms with Crippen molar-refractivity contribution in [2.24, 2.45) is 0 Å². The lowest BCUT2D eigenvalue weighted by molar-refractivity contribution is -0.149. The topological polar surface area (TPSA) is 83.1 Å². The van der Waals surface area contributed by atoms with Crippen LogP contribution in [0.4, 0.5) is 4.79 Å². The van der Waals surface area contributed by atoms with Gasteiger partial charge in [0.1, 0.15) is 28.4 Å². The average Bonchev–Trinajstić information content (AvgIpc) is 2.81. The van der Waals surface area contributed by atoms with Crippen molar-refractivity contribution in [1.82, 2.24) is 5.32 Å². The Bertz CT molecular complexity index is 1260. The van der Waals surface area contributed by atoms with E-state index in [0.717, 1.165) is 27.6 Å². The first-order valence-electron chi connectivity index (χ1n) is 11.6. The van der Waals surface area contributed by atoms with E-state index in [4.69, 9.17) is 18.9 Å². The fourth-order valence-electron chi connectivity index (χ4n) is 4.39. The van der Waals surface area contributed by atoms with Crippen molar-refractivity contribution in [2.75, 3.05) is 14.2 Å². The number of carbonyl (C=O) groups is 2. The summed E-state index contributed by atoms with van der Waals surface area (Å²) in [4.78, 5) is 25.4. The van der Waals surface area contributed by atoms with Crippen molar-refractivity contribution in [3.05, 3.63) is 65.7 Å². The van der Waals surface area contributed by atoms with Gasteiger partial charge in [0.15, 0.2) is 0 Å². The van der Waals surface area contributed by atoms with Crippen LogP contribution >= 0.6 is 0 Å². The quantitative estimate of drug-likeness (QED) is 0.484. The lowest BCUT2D eigenvalue weighted by Crippen LogP contribution is -2.59. The molecule has 0 spiro atoms. The number of alkyl carbamates (subject to hydrolysis) is 1. The number of nitrogens with one attached hydrogen (secondary N) is 1. The largest absolute Gasteiger partial charge is 0.497 e. The van der Waals surface area contributed by atoms with Crippen LogP contribution in [0.2, 0.25) is 0 Å². The highest BCUT2D eigenvalue weighted by Gasteiger charge is 2.44. The molecule has 3 aromatic carbocycles. The van der Waals surface area contributed by atoms with Crippen LogP contribution in [0.3, 0.4) is 0 Å². The molecule has 35 heavy (non-hydrogen) atoms. The minimum Gasteiger partial charge on any atom is -0.497 e. The van der Waals surface area contributed by atoms with Crippen LogP contribution in [-0.2, 0) is 27.1 Å². The van der Waals surface area contributed by atoms with Gasteiger partial charge in [-0.25, -0.2) is 9.59 Å². The van der Waals surface area contributed by atoms with Crippen LogP contribution < -0.4 is 14.8 Å². The molecule has 1 N–H and O–H groups in total. The summed E-state index contributed by atoms with van der Waals surface area (Å²) in [5.74, 6) is 1.61. The van der Waals surface area contributed by atoms with Gasteiger partial charge in [-0.05, 0) is 91.9 Å². The molecule has 184 valence electrons. The first-order valence-corrected chi connectivity index (χ1v) is 11.6. The molecule has 0 heterocycles. The first kappa shape index (κ1) is 24.4. The Labute approximate surface area is 205 Å². The molecule has 1 amide bonds. The summed E-state index contributed by atoms with van der Waals surface area (Å²) >= 11 is 0. The molecule has 1 aliphatic carbocycles. The van der Waals surface area contributed by atoms with Crippen molar-refractivity contribution in [3.8, 4) is 17.2 Å². The number of carbonyl (C=O) groups excluding carboxylic acids is 2. The van der Waals surface area contributed by atoms with E-state index >= 15 is 0 Å². The van der Waals surface area contributed by atoms with Crippen molar-refractivity contribution < 1.29 is 28.5 Å². The van der Waals surface area contributed by atoms with E-state index in [0.29, 0.717) is 24.3 Å². The molecule has 1 unspecified atom stereocenters. The number of benzene rings is 3. The van der Waals surface area contributed by atoms with E-state index < -0.39 is 23.2 Å². The lowest BCUT2D eigenvalue weighted by Gasteiger charge is -2.36. The highest BCUT2D eigenvalue weighted by molar-refractivity contribution is 5.87. The summed E-state index contributed by atoms with van der Waals surface area (Å²) in [6.45, 7) is 5.33. The van der Waals surface area contributed by atoms with Crippen LogP contribution in [0.1, 0.15) is 38.3 Å². The molecule has 7 nitrogen and oxygen atoms in total. The zero-order chi connectivity index (χ0) is 25.2. The van der Waals surface area contributed by atoms with Crippen molar-refractivity contribution in [3.63, 3.8) is 0 Å². The first-order chi connectivity index (χ1) is 16.6. The molecular formula is C28H31NO6.